The van der Waals surface area contributed by atoms with Gasteiger partial charge in [0.2, 0.25) is 5.95 Å². The van der Waals surface area contributed by atoms with Crippen molar-refractivity contribution in [2.75, 3.05) is 18.5 Å². The summed E-state index contributed by atoms with van der Waals surface area (Å²) >= 11 is 0. The molecule has 1 fully saturated rings. The third-order valence-corrected chi connectivity index (χ3v) is 3.80. The maximum absolute atomic E-state index is 5.90. The lowest BCUT2D eigenvalue weighted by atomic mass is 9.98. The Bertz CT molecular complexity index is 360. The van der Waals surface area contributed by atoms with Crippen molar-refractivity contribution >= 4 is 5.95 Å². The smallest absolute Gasteiger partial charge is 0.222 e. The molecule has 0 bridgehead atoms. The molecular weight excluding hydrogens is 238 g/mol. The molecule has 1 aliphatic carbocycles. The number of anilines is 1. The molecule has 0 amide bonds. The summed E-state index contributed by atoms with van der Waals surface area (Å²) < 4.78 is 5.90. The summed E-state index contributed by atoms with van der Waals surface area (Å²) in [6, 6.07) is 0. The zero-order valence-corrected chi connectivity index (χ0v) is 12.1. The van der Waals surface area contributed by atoms with E-state index in [-0.39, 0.29) is 0 Å². The van der Waals surface area contributed by atoms with Crippen LogP contribution in [0.2, 0.25) is 0 Å². The number of hydrogen-bond acceptors (Lipinski definition) is 4. The van der Waals surface area contributed by atoms with Gasteiger partial charge in [-0.2, -0.15) is 0 Å². The van der Waals surface area contributed by atoms with Crippen LogP contribution in [0.15, 0.2) is 12.4 Å². The van der Waals surface area contributed by atoms with Crippen LogP contribution in [-0.4, -0.2) is 29.2 Å². The minimum atomic E-state index is 0.394. The minimum Gasteiger partial charge on any atom is -0.378 e. The second kappa shape index (κ2) is 7.43. The van der Waals surface area contributed by atoms with E-state index in [1.54, 1.807) is 0 Å². The SMILES string of the molecule is CCOC(CCNc1ncc(C)cn1)C1CCCC1. The Kier molecular flexibility index (Phi) is 5.58. The van der Waals surface area contributed by atoms with E-state index in [2.05, 4.69) is 22.2 Å². The molecule has 1 aliphatic rings. The number of nitrogens with one attached hydrogen (secondary N) is 1. The molecule has 106 valence electrons. The molecule has 4 heteroatoms. The average molecular weight is 263 g/mol. The summed E-state index contributed by atoms with van der Waals surface area (Å²) in [5.74, 6) is 1.47. The summed E-state index contributed by atoms with van der Waals surface area (Å²) in [5.41, 5.74) is 1.09. The van der Waals surface area contributed by atoms with E-state index in [1.165, 1.54) is 25.7 Å². The van der Waals surface area contributed by atoms with Gasteiger partial charge in [0.25, 0.3) is 0 Å². The predicted octanol–water partition coefficient (Wildman–Crippen LogP) is 3.18. The molecule has 2 rings (SSSR count). The lowest BCUT2D eigenvalue weighted by Gasteiger charge is -2.23. The lowest BCUT2D eigenvalue weighted by Crippen LogP contribution is -2.25. The maximum atomic E-state index is 5.90. The number of rotatable bonds is 7. The summed E-state index contributed by atoms with van der Waals surface area (Å²) in [5, 5.41) is 3.28. The Morgan fingerprint density at radius 3 is 2.63 bits per heavy atom. The van der Waals surface area contributed by atoms with E-state index in [9.17, 15) is 0 Å². The van der Waals surface area contributed by atoms with Crippen LogP contribution in [0.3, 0.4) is 0 Å². The molecule has 1 saturated carbocycles. The monoisotopic (exact) mass is 263 g/mol. The minimum absolute atomic E-state index is 0.394. The highest BCUT2D eigenvalue weighted by Gasteiger charge is 2.24. The fourth-order valence-electron chi connectivity index (χ4n) is 2.81. The first-order valence-corrected chi connectivity index (χ1v) is 7.43. The van der Waals surface area contributed by atoms with E-state index in [4.69, 9.17) is 4.74 Å². The summed E-state index contributed by atoms with van der Waals surface area (Å²) in [6.07, 6.45) is 10.5. The van der Waals surface area contributed by atoms with E-state index in [0.29, 0.717) is 12.1 Å². The summed E-state index contributed by atoms with van der Waals surface area (Å²) in [7, 11) is 0. The van der Waals surface area contributed by atoms with Crippen molar-refractivity contribution in [1.29, 1.82) is 0 Å². The van der Waals surface area contributed by atoms with Gasteiger partial charge in [0.15, 0.2) is 0 Å². The van der Waals surface area contributed by atoms with Crippen LogP contribution >= 0.6 is 0 Å². The Balaban J connectivity index is 1.76. The fraction of sp³-hybridized carbons (Fsp3) is 0.733. The number of nitrogens with zero attached hydrogens (tertiary/aromatic N) is 2. The van der Waals surface area contributed by atoms with E-state index in [1.807, 2.05) is 19.3 Å². The van der Waals surface area contributed by atoms with Crippen molar-refractivity contribution in [2.45, 2.75) is 52.1 Å². The van der Waals surface area contributed by atoms with Crippen LogP contribution in [0.1, 0.15) is 44.6 Å². The molecule has 1 heterocycles. The van der Waals surface area contributed by atoms with Crippen molar-refractivity contribution in [3.63, 3.8) is 0 Å². The topological polar surface area (TPSA) is 47.0 Å². The van der Waals surface area contributed by atoms with Crippen LogP contribution in [0.5, 0.6) is 0 Å². The molecule has 1 aromatic heterocycles. The molecule has 0 radical (unpaired) electrons. The van der Waals surface area contributed by atoms with E-state index in [0.717, 1.165) is 31.1 Å². The van der Waals surface area contributed by atoms with Crippen molar-refractivity contribution < 1.29 is 4.74 Å². The van der Waals surface area contributed by atoms with Crippen molar-refractivity contribution in [3.8, 4) is 0 Å². The molecule has 1 atom stereocenters. The normalized spacial score (nSPS) is 17.6. The predicted molar refractivity (Wildman–Crippen MR) is 77.2 cm³/mol. The van der Waals surface area contributed by atoms with E-state index < -0.39 is 0 Å². The first kappa shape index (κ1) is 14.3. The van der Waals surface area contributed by atoms with Gasteiger partial charge in [-0.05, 0) is 44.6 Å². The summed E-state index contributed by atoms with van der Waals surface area (Å²) in [6.45, 7) is 5.76. The van der Waals surface area contributed by atoms with Gasteiger partial charge in [-0.1, -0.05) is 12.8 Å². The third kappa shape index (κ3) is 4.46. The highest BCUT2D eigenvalue weighted by molar-refractivity contribution is 5.23. The van der Waals surface area contributed by atoms with E-state index >= 15 is 0 Å². The van der Waals surface area contributed by atoms with Crippen molar-refractivity contribution in [2.24, 2.45) is 5.92 Å². The number of aromatic nitrogens is 2. The zero-order chi connectivity index (χ0) is 13.5. The quantitative estimate of drug-likeness (QED) is 0.820. The summed E-state index contributed by atoms with van der Waals surface area (Å²) in [4.78, 5) is 8.51. The van der Waals surface area contributed by atoms with Gasteiger partial charge >= 0.3 is 0 Å². The molecule has 0 spiro atoms. The first-order chi connectivity index (χ1) is 9.29. The highest BCUT2D eigenvalue weighted by Crippen LogP contribution is 2.30. The molecule has 1 unspecified atom stereocenters. The van der Waals surface area contributed by atoms with Crippen molar-refractivity contribution in [3.05, 3.63) is 18.0 Å². The van der Waals surface area contributed by atoms with Crippen LogP contribution in [0.25, 0.3) is 0 Å². The number of hydrogen-bond donors (Lipinski definition) is 1. The second-order valence-electron chi connectivity index (χ2n) is 5.34. The Morgan fingerprint density at radius 1 is 1.32 bits per heavy atom. The Hall–Kier alpha value is -1.16. The van der Waals surface area contributed by atoms with Crippen LogP contribution in [-0.2, 0) is 4.74 Å². The molecule has 4 nitrogen and oxygen atoms in total. The fourth-order valence-corrected chi connectivity index (χ4v) is 2.81. The number of ether oxygens (including phenoxy) is 1. The number of aryl methyl sites for hydroxylation is 1. The van der Waals surface area contributed by atoms with Gasteiger partial charge in [0.05, 0.1) is 6.10 Å². The van der Waals surface area contributed by atoms with Crippen LogP contribution in [0.4, 0.5) is 5.95 Å². The van der Waals surface area contributed by atoms with Crippen LogP contribution in [0, 0.1) is 12.8 Å². The lowest BCUT2D eigenvalue weighted by molar-refractivity contribution is 0.0183. The van der Waals surface area contributed by atoms with Crippen LogP contribution < -0.4 is 5.32 Å². The standard InChI is InChI=1S/C15H25N3O/c1-3-19-14(13-6-4-5-7-13)8-9-16-15-17-10-12(2)11-18-15/h10-11,13-14H,3-9H2,1-2H3,(H,16,17,18). The first-order valence-electron chi connectivity index (χ1n) is 7.43. The molecule has 1 N–H and O–H groups in total. The van der Waals surface area contributed by atoms with Gasteiger partial charge in [-0.15, -0.1) is 0 Å². The van der Waals surface area contributed by atoms with Gasteiger partial charge in [0, 0.05) is 25.5 Å². The van der Waals surface area contributed by atoms with Crippen molar-refractivity contribution in [1.82, 2.24) is 9.97 Å². The second-order valence-corrected chi connectivity index (χ2v) is 5.34. The Labute approximate surface area is 116 Å². The van der Waals surface area contributed by atoms with Gasteiger partial charge in [0.1, 0.15) is 0 Å². The highest BCUT2D eigenvalue weighted by atomic mass is 16.5. The average Bonchev–Trinajstić information content (AvgIpc) is 2.94. The maximum Gasteiger partial charge on any atom is 0.222 e. The molecule has 0 aliphatic heterocycles. The molecule has 1 aromatic rings. The molecule has 19 heavy (non-hydrogen) atoms. The van der Waals surface area contributed by atoms with Gasteiger partial charge < -0.3 is 10.1 Å². The zero-order valence-electron chi connectivity index (χ0n) is 12.1. The molecular formula is C15H25N3O. The third-order valence-electron chi connectivity index (χ3n) is 3.80. The van der Waals surface area contributed by atoms with Gasteiger partial charge in [-0.3, -0.25) is 0 Å². The Morgan fingerprint density at radius 2 is 2.00 bits per heavy atom. The van der Waals surface area contributed by atoms with Gasteiger partial charge in [-0.25, -0.2) is 9.97 Å². The molecule has 0 aromatic carbocycles. The molecule has 0 saturated heterocycles. The largest absolute Gasteiger partial charge is 0.378 e.